The molecule has 1 aliphatic heterocycles. The Morgan fingerprint density at radius 1 is 0.909 bits per heavy atom. The van der Waals surface area contributed by atoms with Gasteiger partial charge in [0.25, 0.3) is 0 Å². The van der Waals surface area contributed by atoms with Crippen LogP contribution in [0.1, 0.15) is 6.92 Å². The fourth-order valence-electron chi connectivity index (χ4n) is 2.11. The summed E-state index contributed by atoms with van der Waals surface area (Å²) < 4.78 is 16.3. The van der Waals surface area contributed by atoms with Crippen molar-refractivity contribution in [2.75, 3.05) is 86.0 Å². The van der Waals surface area contributed by atoms with E-state index in [2.05, 4.69) is 22.2 Å². The van der Waals surface area contributed by atoms with Crippen molar-refractivity contribution in [3.63, 3.8) is 0 Å². The highest BCUT2D eigenvalue weighted by molar-refractivity contribution is 5.72. The van der Waals surface area contributed by atoms with E-state index >= 15 is 0 Å². The van der Waals surface area contributed by atoms with Crippen LogP contribution in [0.2, 0.25) is 0 Å². The minimum absolute atomic E-state index is 0.0337. The minimum atomic E-state index is -0.0337. The van der Waals surface area contributed by atoms with Gasteiger partial charge in [-0.15, -0.1) is 0 Å². The van der Waals surface area contributed by atoms with Gasteiger partial charge in [-0.3, -0.25) is 9.69 Å². The number of carbonyl (C=O) groups excluding carboxylic acids is 1. The van der Waals surface area contributed by atoms with Gasteiger partial charge in [-0.05, 0) is 7.05 Å². The number of carbonyl (C=O) groups is 1. The molecule has 0 radical (unpaired) electrons. The fraction of sp³-hybridized carbons (Fsp3) is 0.933. The second-order valence-corrected chi connectivity index (χ2v) is 5.46. The maximum absolute atomic E-state index is 10.6. The third kappa shape index (κ3) is 10.9. The molecule has 1 N–H and O–H groups in total. The molecule has 7 nitrogen and oxygen atoms in total. The fourth-order valence-corrected chi connectivity index (χ4v) is 2.11. The lowest BCUT2D eigenvalue weighted by molar-refractivity contribution is -0.119. The first kappa shape index (κ1) is 19.3. The van der Waals surface area contributed by atoms with Crippen molar-refractivity contribution >= 4 is 5.91 Å². The number of likely N-dealkylation sites (N-methyl/N-ethyl adjacent to an activating group) is 1. The van der Waals surface area contributed by atoms with Crippen LogP contribution in [0, 0.1) is 0 Å². The summed E-state index contributed by atoms with van der Waals surface area (Å²) in [6, 6.07) is 0. The number of piperazine rings is 1. The maximum atomic E-state index is 10.6. The number of nitrogens with zero attached hydrogens (tertiary/aromatic N) is 2. The lowest BCUT2D eigenvalue weighted by Gasteiger charge is -2.32. The van der Waals surface area contributed by atoms with Gasteiger partial charge >= 0.3 is 0 Å². The van der Waals surface area contributed by atoms with Crippen LogP contribution in [-0.4, -0.2) is 102 Å². The van der Waals surface area contributed by atoms with Crippen LogP contribution in [0.4, 0.5) is 0 Å². The molecule has 1 amide bonds. The van der Waals surface area contributed by atoms with Crippen molar-refractivity contribution < 1.29 is 19.0 Å². The van der Waals surface area contributed by atoms with Gasteiger partial charge in [0.05, 0.1) is 39.6 Å². The first-order valence-corrected chi connectivity index (χ1v) is 8.07. The number of amides is 1. The molecule has 0 unspecified atom stereocenters. The second-order valence-electron chi connectivity index (χ2n) is 5.46. The first-order chi connectivity index (χ1) is 10.7. The highest BCUT2D eigenvalue weighted by Crippen LogP contribution is 1.98. The quantitative estimate of drug-likeness (QED) is 0.486. The number of nitrogens with one attached hydrogen (secondary N) is 1. The van der Waals surface area contributed by atoms with Crippen LogP contribution in [-0.2, 0) is 19.0 Å². The molecule has 1 aliphatic rings. The van der Waals surface area contributed by atoms with Crippen molar-refractivity contribution in [3.05, 3.63) is 0 Å². The van der Waals surface area contributed by atoms with Crippen molar-refractivity contribution in [1.82, 2.24) is 15.1 Å². The first-order valence-electron chi connectivity index (χ1n) is 8.07. The molecule has 1 rings (SSSR count). The third-order valence-corrected chi connectivity index (χ3v) is 3.51. The normalized spacial score (nSPS) is 16.8. The molecule has 0 atom stereocenters. The molecule has 1 fully saturated rings. The number of hydrogen-bond acceptors (Lipinski definition) is 6. The van der Waals surface area contributed by atoms with Gasteiger partial charge < -0.3 is 24.4 Å². The van der Waals surface area contributed by atoms with E-state index in [0.717, 1.165) is 39.3 Å². The maximum Gasteiger partial charge on any atom is 0.216 e. The summed E-state index contributed by atoms with van der Waals surface area (Å²) in [6.07, 6.45) is 0. The lowest BCUT2D eigenvalue weighted by Crippen LogP contribution is -2.45. The van der Waals surface area contributed by atoms with E-state index in [0.29, 0.717) is 39.6 Å². The zero-order chi connectivity index (χ0) is 16.0. The second kappa shape index (κ2) is 12.8. The van der Waals surface area contributed by atoms with Gasteiger partial charge in [0, 0.05) is 46.2 Å². The van der Waals surface area contributed by atoms with Crippen molar-refractivity contribution in [2.45, 2.75) is 6.92 Å². The zero-order valence-corrected chi connectivity index (χ0v) is 14.0. The van der Waals surface area contributed by atoms with E-state index in [1.165, 1.54) is 6.92 Å². The smallest absolute Gasteiger partial charge is 0.216 e. The van der Waals surface area contributed by atoms with Crippen molar-refractivity contribution in [3.8, 4) is 0 Å². The van der Waals surface area contributed by atoms with Gasteiger partial charge in [0.2, 0.25) is 5.91 Å². The van der Waals surface area contributed by atoms with Crippen LogP contribution < -0.4 is 5.32 Å². The molecule has 0 bridgehead atoms. The monoisotopic (exact) mass is 317 g/mol. The molecule has 22 heavy (non-hydrogen) atoms. The third-order valence-electron chi connectivity index (χ3n) is 3.51. The Balaban J connectivity index is 1.74. The molecule has 0 aromatic heterocycles. The Morgan fingerprint density at radius 3 is 2.05 bits per heavy atom. The average Bonchev–Trinajstić information content (AvgIpc) is 2.50. The number of hydrogen-bond donors (Lipinski definition) is 1. The van der Waals surface area contributed by atoms with Gasteiger partial charge in [-0.2, -0.15) is 0 Å². The minimum Gasteiger partial charge on any atom is -0.378 e. The Hall–Kier alpha value is -0.730. The summed E-state index contributed by atoms with van der Waals surface area (Å²) in [5.74, 6) is -0.0337. The summed E-state index contributed by atoms with van der Waals surface area (Å²) in [4.78, 5) is 15.4. The van der Waals surface area contributed by atoms with Crippen LogP contribution >= 0.6 is 0 Å². The van der Waals surface area contributed by atoms with E-state index in [1.807, 2.05) is 0 Å². The molecule has 1 saturated heterocycles. The highest BCUT2D eigenvalue weighted by atomic mass is 16.5. The lowest BCUT2D eigenvalue weighted by atomic mass is 10.3. The number of rotatable bonds is 12. The van der Waals surface area contributed by atoms with Crippen molar-refractivity contribution in [1.29, 1.82) is 0 Å². The summed E-state index contributed by atoms with van der Waals surface area (Å²) >= 11 is 0. The van der Waals surface area contributed by atoms with E-state index in [-0.39, 0.29) is 5.91 Å². The molecule has 0 saturated carbocycles. The molecule has 0 aliphatic carbocycles. The molecule has 0 aromatic rings. The SMILES string of the molecule is CC(=O)NCCOCCOCCOCCN1CCN(C)CC1. The van der Waals surface area contributed by atoms with Gasteiger partial charge in [-0.25, -0.2) is 0 Å². The molecule has 1 heterocycles. The largest absolute Gasteiger partial charge is 0.378 e. The van der Waals surface area contributed by atoms with E-state index in [4.69, 9.17) is 14.2 Å². The molecule has 7 heteroatoms. The summed E-state index contributed by atoms with van der Waals surface area (Å²) in [5, 5.41) is 2.67. The molecular formula is C15H31N3O4. The average molecular weight is 317 g/mol. The van der Waals surface area contributed by atoms with Crippen LogP contribution in [0.25, 0.3) is 0 Å². The molecule has 130 valence electrons. The van der Waals surface area contributed by atoms with Crippen LogP contribution in [0.3, 0.4) is 0 Å². The van der Waals surface area contributed by atoms with Crippen LogP contribution in [0.15, 0.2) is 0 Å². The predicted octanol–water partition coefficient (Wildman–Crippen LogP) is -0.580. The van der Waals surface area contributed by atoms with Gasteiger partial charge in [0.15, 0.2) is 0 Å². The summed E-state index contributed by atoms with van der Waals surface area (Å²) in [6.45, 7) is 11.2. The summed E-state index contributed by atoms with van der Waals surface area (Å²) in [5.41, 5.74) is 0. The van der Waals surface area contributed by atoms with Crippen LogP contribution in [0.5, 0.6) is 0 Å². The Labute approximate surface area is 133 Å². The Kier molecular flexibility index (Phi) is 11.2. The molecule has 0 aromatic carbocycles. The standard InChI is InChI=1S/C15H31N3O4/c1-15(19)16-3-9-20-11-13-22-14-12-21-10-8-18-6-4-17(2)5-7-18/h3-14H2,1-2H3,(H,16,19). The highest BCUT2D eigenvalue weighted by Gasteiger charge is 2.12. The molecule has 0 spiro atoms. The van der Waals surface area contributed by atoms with Gasteiger partial charge in [0.1, 0.15) is 0 Å². The predicted molar refractivity (Wildman–Crippen MR) is 85.1 cm³/mol. The van der Waals surface area contributed by atoms with Gasteiger partial charge in [-0.1, -0.05) is 0 Å². The van der Waals surface area contributed by atoms with Crippen molar-refractivity contribution in [2.24, 2.45) is 0 Å². The number of ether oxygens (including phenoxy) is 3. The zero-order valence-electron chi connectivity index (χ0n) is 14.0. The molecular weight excluding hydrogens is 286 g/mol. The van der Waals surface area contributed by atoms with E-state index in [1.54, 1.807) is 0 Å². The summed E-state index contributed by atoms with van der Waals surface area (Å²) in [7, 11) is 2.16. The topological polar surface area (TPSA) is 63.3 Å². The van der Waals surface area contributed by atoms with E-state index < -0.39 is 0 Å². The Morgan fingerprint density at radius 2 is 1.45 bits per heavy atom. The Bertz CT molecular complexity index is 284. The van der Waals surface area contributed by atoms with E-state index in [9.17, 15) is 4.79 Å².